The Labute approximate surface area is 141 Å². The van der Waals surface area contributed by atoms with Gasteiger partial charge in [0, 0.05) is 30.1 Å². The molecular weight excluding hydrogens is 344 g/mol. The highest BCUT2D eigenvalue weighted by atomic mass is 79.9. The van der Waals surface area contributed by atoms with Gasteiger partial charge in [-0.25, -0.2) is 4.79 Å². The minimum atomic E-state index is -0.450. The monoisotopic (exact) mass is 368 g/mol. The van der Waals surface area contributed by atoms with Crippen LogP contribution < -0.4 is 5.32 Å². The first-order chi connectivity index (χ1) is 10.2. The van der Waals surface area contributed by atoms with Crippen molar-refractivity contribution in [2.24, 2.45) is 0 Å². The zero-order valence-corrected chi connectivity index (χ0v) is 15.4. The summed E-state index contributed by atoms with van der Waals surface area (Å²) in [5, 5.41) is 2.96. The van der Waals surface area contributed by atoms with Crippen molar-refractivity contribution in [1.29, 1.82) is 0 Å². The first-order valence-electron chi connectivity index (χ1n) is 7.70. The number of nitrogens with one attached hydrogen (secondary N) is 1. The summed E-state index contributed by atoms with van der Waals surface area (Å²) < 4.78 is 6.45. The van der Waals surface area contributed by atoms with Crippen molar-refractivity contribution >= 4 is 22.0 Å². The van der Waals surface area contributed by atoms with Gasteiger partial charge >= 0.3 is 6.09 Å². The number of ether oxygens (including phenoxy) is 1. The molecule has 1 aliphatic rings. The number of rotatable bonds is 3. The van der Waals surface area contributed by atoms with Gasteiger partial charge < -0.3 is 10.1 Å². The molecule has 0 aromatic heterocycles. The number of carbonyl (C=O) groups excluding carboxylic acids is 1. The lowest BCUT2D eigenvalue weighted by molar-refractivity contribution is 0.0506. The van der Waals surface area contributed by atoms with Crippen LogP contribution in [0.1, 0.15) is 38.3 Å². The molecule has 1 saturated heterocycles. The summed E-state index contributed by atoms with van der Waals surface area (Å²) >= 11 is 3.61. The van der Waals surface area contributed by atoms with Crippen LogP contribution in [-0.2, 0) is 11.3 Å². The molecule has 1 aliphatic heterocycles. The molecule has 1 N–H and O–H groups in total. The highest BCUT2D eigenvalue weighted by Gasteiger charge is 2.26. The Hall–Kier alpha value is -1.07. The number of likely N-dealkylation sites (tertiary alicyclic amines) is 1. The number of aryl methyl sites for hydroxylation is 1. The van der Waals surface area contributed by atoms with Crippen LogP contribution >= 0.6 is 15.9 Å². The molecule has 1 fully saturated rings. The van der Waals surface area contributed by atoms with Crippen molar-refractivity contribution in [3.05, 3.63) is 33.8 Å². The third-order valence-corrected chi connectivity index (χ3v) is 4.36. The average Bonchev–Trinajstić information content (AvgIpc) is 2.78. The lowest BCUT2D eigenvalue weighted by Gasteiger charge is -2.22. The second-order valence-electron chi connectivity index (χ2n) is 6.96. The number of amides is 1. The molecule has 1 aromatic rings. The predicted octanol–water partition coefficient (Wildman–Crippen LogP) is 3.86. The second-order valence-corrected chi connectivity index (χ2v) is 7.82. The Bertz CT molecular complexity index is 540. The molecule has 0 saturated carbocycles. The fourth-order valence-corrected chi connectivity index (χ4v) is 3.01. The molecule has 122 valence electrons. The van der Waals surface area contributed by atoms with Gasteiger partial charge in [-0.2, -0.15) is 0 Å². The lowest BCUT2D eigenvalue weighted by Crippen LogP contribution is -2.40. The number of carbonyl (C=O) groups is 1. The summed E-state index contributed by atoms with van der Waals surface area (Å²) in [4.78, 5) is 14.2. The molecule has 5 heteroatoms. The standard InChI is InChI=1S/C17H25BrN2O2/c1-12-5-6-15(18)13(9-12)10-20-8-7-14(11-20)19-16(21)22-17(2,3)4/h5-6,9,14H,7-8,10-11H2,1-4H3,(H,19,21)/t14-/m0/s1. The van der Waals surface area contributed by atoms with Crippen molar-refractivity contribution in [2.75, 3.05) is 13.1 Å². The van der Waals surface area contributed by atoms with Crippen LogP contribution in [0.25, 0.3) is 0 Å². The highest BCUT2D eigenvalue weighted by molar-refractivity contribution is 9.10. The number of hydrogen-bond donors (Lipinski definition) is 1. The van der Waals surface area contributed by atoms with Crippen molar-refractivity contribution in [1.82, 2.24) is 10.2 Å². The molecule has 1 aromatic carbocycles. The van der Waals surface area contributed by atoms with E-state index in [1.165, 1.54) is 11.1 Å². The SMILES string of the molecule is Cc1ccc(Br)c(CN2CC[C@H](NC(=O)OC(C)(C)C)C2)c1. The molecular formula is C17H25BrN2O2. The van der Waals surface area contributed by atoms with Crippen molar-refractivity contribution < 1.29 is 9.53 Å². The van der Waals surface area contributed by atoms with Gasteiger partial charge in [0.15, 0.2) is 0 Å². The summed E-state index contributed by atoms with van der Waals surface area (Å²) in [6.45, 7) is 10.5. The van der Waals surface area contributed by atoms with E-state index in [0.717, 1.165) is 30.5 Å². The summed E-state index contributed by atoms with van der Waals surface area (Å²) in [6, 6.07) is 6.57. The van der Waals surface area contributed by atoms with Crippen LogP contribution in [0.2, 0.25) is 0 Å². The van der Waals surface area contributed by atoms with E-state index < -0.39 is 5.60 Å². The number of halogens is 1. The van der Waals surface area contributed by atoms with Crippen LogP contribution in [0.15, 0.2) is 22.7 Å². The summed E-state index contributed by atoms with van der Waals surface area (Å²) in [5.41, 5.74) is 2.10. The minimum Gasteiger partial charge on any atom is -0.444 e. The normalized spacial score (nSPS) is 19.2. The molecule has 4 nitrogen and oxygen atoms in total. The molecule has 0 aliphatic carbocycles. The second kappa shape index (κ2) is 7.01. The van der Waals surface area contributed by atoms with E-state index in [4.69, 9.17) is 4.74 Å². The Morgan fingerprint density at radius 3 is 2.86 bits per heavy atom. The van der Waals surface area contributed by atoms with Crippen molar-refractivity contribution in [2.45, 2.75) is 52.3 Å². The van der Waals surface area contributed by atoms with E-state index >= 15 is 0 Å². The largest absolute Gasteiger partial charge is 0.444 e. The Morgan fingerprint density at radius 2 is 2.18 bits per heavy atom. The molecule has 2 rings (SSSR count). The predicted molar refractivity (Wildman–Crippen MR) is 91.9 cm³/mol. The van der Waals surface area contributed by atoms with Gasteiger partial charge in [0.2, 0.25) is 0 Å². The van der Waals surface area contributed by atoms with Gasteiger partial charge in [-0.3, -0.25) is 4.90 Å². The number of benzene rings is 1. The van der Waals surface area contributed by atoms with E-state index in [2.05, 4.69) is 51.3 Å². The third-order valence-electron chi connectivity index (χ3n) is 3.59. The van der Waals surface area contributed by atoms with Crippen LogP contribution in [0, 0.1) is 6.92 Å². The van der Waals surface area contributed by atoms with Gasteiger partial charge in [-0.15, -0.1) is 0 Å². The minimum absolute atomic E-state index is 0.165. The van der Waals surface area contributed by atoms with Gasteiger partial charge in [0.05, 0.1) is 0 Å². The van der Waals surface area contributed by atoms with Gasteiger partial charge in [-0.05, 0) is 45.7 Å². The molecule has 0 spiro atoms. The lowest BCUT2D eigenvalue weighted by atomic mass is 10.1. The first kappa shape index (κ1) is 17.3. The topological polar surface area (TPSA) is 41.6 Å². The maximum absolute atomic E-state index is 11.8. The Morgan fingerprint density at radius 1 is 1.45 bits per heavy atom. The molecule has 1 amide bonds. The van der Waals surface area contributed by atoms with Gasteiger partial charge in [0.25, 0.3) is 0 Å². The molecule has 1 atom stereocenters. The first-order valence-corrected chi connectivity index (χ1v) is 8.49. The van der Waals surface area contributed by atoms with E-state index in [9.17, 15) is 4.79 Å². The van der Waals surface area contributed by atoms with Crippen LogP contribution in [-0.4, -0.2) is 35.7 Å². The Kier molecular flexibility index (Phi) is 5.50. The maximum Gasteiger partial charge on any atom is 0.407 e. The third kappa shape index (κ3) is 5.29. The molecule has 0 bridgehead atoms. The fraction of sp³-hybridized carbons (Fsp3) is 0.588. The zero-order chi connectivity index (χ0) is 16.3. The smallest absolute Gasteiger partial charge is 0.407 e. The maximum atomic E-state index is 11.8. The molecule has 0 radical (unpaired) electrons. The summed E-state index contributed by atoms with van der Waals surface area (Å²) in [7, 11) is 0. The Balaban J connectivity index is 1.85. The fourth-order valence-electron chi connectivity index (χ4n) is 2.63. The van der Waals surface area contributed by atoms with E-state index in [-0.39, 0.29) is 12.1 Å². The van der Waals surface area contributed by atoms with E-state index in [1.54, 1.807) is 0 Å². The van der Waals surface area contributed by atoms with Crippen LogP contribution in [0.3, 0.4) is 0 Å². The van der Waals surface area contributed by atoms with Crippen LogP contribution in [0.4, 0.5) is 4.79 Å². The number of hydrogen-bond acceptors (Lipinski definition) is 3. The molecule has 22 heavy (non-hydrogen) atoms. The molecule has 0 unspecified atom stereocenters. The highest BCUT2D eigenvalue weighted by Crippen LogP contribution is 2.22. The van der Waals surface area contributed by atoms with Crippen LogP contribution in [0.5, 0.6) is 0 Å². The van der Waals surface area contributed by atoms with E-state index in [0.29, 0.717) is 0 Å². The molecule has 1 heterocycles. The van der Waals surface area contributed by atoms with Gasteiger partial charge in [-0.1, -0.05) is 33.6 Å². The summed E-state index contributed by atoms with van der Waals surface area (Å²) in [5.74, 6) is 0. The number of alkyl carbamates (subject to hydrolysis) is 1. The number of nitrogens with zero attached hydrogens (tertiary/aromatic N) is 1. The summed E-state index contributed by atoms with van der Waals surface area (Å²) in [6.07, 6.45) is 0.638. The quantitative estimate of drug-likeness (QED) is 0.880. The van der Waals surface area contributed by atoms with Crippen molar-refractivity contribution in [3.63, 3.8) is 0 Å². The zero-order valence-electron chi connectivity index (χ0n) is 13.8. The van der Waals surface area contributed by atoms with Gasteiger partial charge in [0.1, 0.15) is 5.60 Å². The van der Waals surface area contributed by atoms with E-state index in [1.807, 2.05) is 20.8 Å². The average molecular weight is 369 g/mol. The van der Waals surface area contributed by atoms with Crippen molar-refractivity contribution in [3.8, 4) is 0 Å².